The molecule has 1 N–H and O–H groups in total. The van der Waals surface area contributed by atoms with Crippen LogP contribution in [-0.4, -0.2) is 49.1 Å². The van der Waals surface area contributed by atoms with E-state index >= 15 is 0 Å². The van der Waals surface area contributed by atoms with Crippen LogP contribution in [0.4, 0.5) is 10.1 Å². The first-order valence-corrected chi connectivity index (χ1v) is 9.19. The predicted octanol–water partition coefficient (Wildman–Crippen LogP) is 2.79. The van der Waals surface area contributed by atoms with Crippen molar-refractivity contribution in [3.8, 4) is 0 Å². The summed E-state index contributed by atoms with van der Waals surface area (Å²) in [5.41, 5.74) is 0.663. The number of carbonyl (C=O) groups excluding carboxylic acids is 1. The molecule has 1 aliphatic heterocycles. The Labute approximate surface area is 144 Å². The molecule has 0 radical (unpaired) electrons. The average molecular weight is 333 g/mol. The van der Waals surface area contributed by atoms with Crippen LogP contribution in [0, 0.1) is 5.82 Å². The lowest BCUT2D eigenvalue weighted by Gasteiger charge is -2.39. The predicted molar refractivity (Wildman–Crippen MR) is 94.7 cm³/mol. The Balaban J connectivity index is 1.50. The molecule has 0 aromatic heterocycles. The third-order valence-corrected chi connectivity index (χ3v) is 5.39. The first kappa shape index (κ1) is 17.2. The zero-order chi connectivity index (χ0) is 16.9. The Morgan fingerprint density at radius 2 is 1.79 bits per heavy atom. The van der Waals surface area contributed by atoms with Gasteiger partial charge >= 0.3 is 0 Å². The van der Waals surface area contributed by atoms with Crippen LogP contribution < -0.4 is 10.2 Å². The van der Waals surface area contributed by atoms with Gasteiger partial charge in [-0.2, -0.15) is 0 Å². The molecule has 24 heavy (non-hydrogen) atoms. The number of para-hydroxylation sites is 1. The molecule has 0 spiro atoms. The SMILES string of the molecule is CC(C(=O)NC1CCCCC1)N1CCN(c2ccccc2F)CC1. The lowest BCUT2D eigenvalue weighted by atomic mass is 9.95. The van der Waals surface area contributed by atoms with Gasteiger partial charge in [-0.25, -0.2) is 4.39 Å². The Bertz CT molecular complexity index is 551. The van der Waals surface area contributed by atoms with Crippen LogP contribution in [0.15, 0.2) is 24.3 Å². The van der Waals surface area contributed by atoms with Gasteiger partial charge < -0.3 is 10.2 Å². The molecule has 132 valence electrons. The van der Waals surface area contributed by atoms with Crippen molar-refractivity contribution in [1.29, 1.82) is 0 Å². The quantitative estimate of drug-likeness (QED) is 0.920. The van der Waals surface area contributed by atoms with Crippen molar-refractivity contribution in [3.05, 3.63) is 30.1 Å². The molecule has 0 bridgehead atoms. The van der Waals surface area contributed by atoms with Gasteiger partial charge in [-0.15, -0.1) is 0 Å². The van der Waals surface area contributed by atoms with E-state index in [1.54, 1.807) is 6.07 Å². The fourth-order valence-corrected chi connectivity index (χ4v) is 3.79. The molecule has 1 aromatic carbocycles. The van der Waals surface area contributed by atoms with Crippen LogP contribution in [0.3, 0.4) is 0 Å². The zero-order valence-electron chi connectivity index (χ0n) is 14.5. The van der Waals surface area contributed by atoms with Gasteiger partial charge in [0.25, 0.3) is 0 Å². The highest BCUT2D eigenvalue weighted by Crippen LogP contribution is 2.21. The van der Waals surface area contributed by atoms with Gasteiger partial charge in [0, 0.05) is 32.2 Å². The van der Waals surface area contributed by atoms with Crippen LogP contribution in [0.5, 0.6) is 0 Å². The summed E-state index contributed by atoms with van der Waals surface area (Å²) in [5.74, 6) is -0.0321. The van der Waals surface area contributed by atoms with Crippen LogP contribution in [0.25, 0.3) is 0 Å². The largest absolute Gasteiger partial charge is 0.367 e. The van der Waals surface area contributed by atoms with Crippen molar-refractivity contribution in [2.45, 2.75) is 51.1 Å². The first-order valence-electron chi connectivity index (χ1n) is 9.19. The summed E-state index contributed by atoms with van der Waals surface area (Å²) < 4.78 is 13.9. The van der Waals surface area contributed by atoms with Gasteiger partial charge in [0.05, 0.1) is 11.7 Å². The highest BCUT2D eigenvalue weighted by Gasteiger charge is 2.27. The second-order valence-corrected chi connectivity index (χ2v) is 6.99. The van der Waals surface area contributed by atoms with Crippen LogP contribution in [0.2, 0.25) is 0 Å². The van der Waals surface area contributed by atoms with Gasteiger partial charge in [-0.3, -0.25) is 9.69 Å². The molecule has 2 fully saturated rings. The summed E-state index contributed by atoms with van der Waals surface area (Å²) in [6.07, 6.45) is 5.96. The van der Waals surface area contributed by atoms with E-state index in [9.17, 15) is 9.18 Å². The van der Waals surface area contributed by atoms with E-state index in [0.717, 1.165) is 39.0 Å². The molecule has 1 aliphatic carbocycles. The summed E-state index contributed by atoms with van der Waals surface area (Å²) >= 11 is 0. The first-order chi connectivity index (χ1) is 11.6. The van der Waals surface area contributed by atoms with Gasteiger partial charge in [0.15, 0.2) is 0 Å². The second kappa shape index (κ2) is 7.97. The molecule has 5 heteroatoms. The van der Waals surface area contributed by atoms with Crippen molar-refractivity contribution < 1.29 is 9.18 Å². The second-order valence-electron chi connectivity index (χ2n) is 6.99. The molecule has 4 nitrogen and oxygen atoms in total. The molecule has 1 saturated carbocycles. The maximum absolute atomic E-state index is 13.9. The van der Waals surface area contributed by atoms with Crippen LogP contribution >= 0.6 is 0 Å². The molecule has 1 amide bonds. The Kier molecular flexibility index (Phi) is 5.72. The number of hydrogen-bond acceptors (Lipinski definition) is 3. The molecule has 1 heterocycles. The number of halogens is 1. The summed E-state index contributed by atoms with van der Waals surface area (Å²) in [6, 6.07) is 7.15. The van der Waals surface area contributed by atoms with Crippen molar-refractivity contribution >= 4 is 11.6 Å². The Morgan fingerprint density at radius 3 is 2.46 bits per heavy atom. The molecule has 1 aromatic rings. The minimum Gasteiger partial charge on any atom is -0.367 e. The van der Waals surface area contributed by atoms with Crippen molar-refractivity contribution in [2.24, 2.45) is 0 Å². The molecule has 1 saturated heterocycles. The number of anilines is 1. The lowest BCUT2D eigenvalue weighted by molar-refractivity contribution is -0.127. The molecular weight excluding hydrogens is 305 g/mol. The third-order valence-electron chi connectivity index (χ3n) is 5.39. The van der Waals surface area contributed by atoms with E-state index in [1.807, 2.05) is 19.1 Å². The number of piperazine rings is 1. The van der Waals surface area contributed by atoms with Gasteiger partial charge in [-0.1, -0.05) is 31.4 Å². The van der Waals surface area contributed by atoms with Gasteiger partial charge in [-0.05, 0) is 31.9 Å². The molecule has 1 atom stereocenters. The molecule has 3 rings (SSSR count). The Hall–Kier alpha value is -1.62. The summed E-state index contributed by atoms with van der Waals surface area (Å²) in [7, 11) is 0. The van der Waals surface area contributed by atoms with E-state index in [0.29, 0.717) is 11.7 Å². The minimum absolute atomic E-state index is 0.116. The van der Waals surface area contributed by atoms with Crippen molar-refractivity contribution in [2.75, 3.05) is 31.1 Å². The van der Waals surface area contributed by atoms with E-state index in [1.165, 1.54) is 25.3 Å². The maximum atomic E-state index is 13.9. The highest BCUT2D eigenvalue weighted by molar-refractivity contribution is 5.81. The highest BCUT2D eigenvalue weighted by atomic mass is 19.1. The van der Waals surface area contributed by atoms with Crippen molar-refractivity contribution in [1.82, 2.24) is 10.2 Å². The number of rotatable bonds is 4. The van der Waals surface area contributed by atoms with E-state index < -0.39 is 0 Å². The normalized spacial score (nSPS) is 21.5. The van der Waals surface area contributed by atoms with Gasteiger partial charge in [0.2, 0.25) is 5.91 Å². The number of amides is 1. The molecule has 2 aliphatic rings. The van der Waals surface area contributed by atoms with Crippen LogP contribution in [0.1, 0.15) is 39.0 Å². The van der Waals surface area contributed by atoms with Crippen LogP contribution in [-0.2, 0) is 4.79 Å². The third kappa shape index (κ3) is 4.07. The fourth-order valence-electron chi connectivity index (χ4n) is 3.79. The number of nitrogens with zero attached hydrogens (tertiary/aromatic N) is 2. The number of benzene rings is 1. The zero-order valence-corrected chi connectivity index (χ0v) is 14.5. The standard InChI is InChI=1S/C19H28FN3O/c1-15(19(24)21-16-7-3-2-4-8-16)22-11-13-23(14-12-22)18-10-6-5-9-17(18)20/h5-6,9-10,15-16H,2-4,7-8,11-14H2,1H3,(H,21,24). The van der Waals surface area contributed by atoms with E-state index in [-0.39, 0.29) is 17.8 Å². The number of nitrogens with one attached hydrogen (secondary N) is 1. The molecular formula is C19H28FN3O. The van der Waals surface area contributed by atoms with Crippen molar-refractivity contribution in [3.63, 3.8) is 0 Å². The molecule has 1 unspecified atom stereocenters. The Morgan fingerprint density at radius 1 is 1.12 bits per heavy atom. The number of hydrogen-bond donors (Lipinski definition) is 1. The fraction of sp³-hybridized carbons (Fsp3) is 0.632. The van der Waals surface area contributed by atoms with E-state index in [4.69, 9.17) is 0 Å². The number of carbonyl (C=O) groups is 1. The monoisotopic (exact) mass is 333 g/mol. The average Bonchev–Trinajstić information content (AvgIpc) is 2.62. The summed E-state index contributed by atoms with van der Waals surface area (Å²) in [6.45, 7) is 5.06. The van der Waals surface area contributed by atoms with E-state index in [2.05, 4.69) is 15.1 Å². The summed E-state index contributed by atoms with van der Waals surface area (Å²) in [5, 5.41) is 3.21. The van der Waals surface area contributed by atoms with Gasteiger partial charge in [0.1, 0.15) is 5.82 Å². The topological polar surface area (TPSA) is 35.6 Å². The smallest absolute Gasteiger partial charge is 0.237 e. The maximum Gasteiger partial charge on any atom is 0.237 e. The minimum atomic E-state index is -0.172. The summed E-state index contributed by atoms with van der Waals surface area (Å²) in [4.78, 5) is 16.8. The lowest BCUT2D eigenvalue weighted by Crippen LogP contribution is -2.55.